The van der Waals surface area contributed by atoms with Gasteiger partial charge in [-0.15, -0.1) is 0 Å². The predicted molar refractivity (Wildman–Crippen MR) is 79.1 cm³/mol. The van der Waals surface area contributed by atoms with Gasteiger partial charge in [-0.3, -0.25) is 4.79 Å². The van der Waals surface area contributed by atoms with E-state index in [1.54, 1.807) is 0 Å². The van der Waals surface area contributed by atoms with Crippen LogP contribution in [-0.2, 0) is 9.53 Å². The van der Waals surface area contributed by atoms with Crippen LogP contribution in [0.2, 0.25) is 0 Å². The van der Waals surface area contributed by atoms with Crippen molar-refractivity contribution in [3.8, 4) is 0 Å². The summed E-state index contributed by atoms with van der Waals surface area (Å²) in [5, 5.41) is 3.50. The van der Waals surface area contributed by atoms with E-state index in [2.05, 4.69) is 26.1 Å². The molecule has 3 nitrogen and oxygen atoms in total. The molecule has 1 fully saturated rings. The van der Waals surface area contributed by atoms with Crippen molar-refractivity contribution in [1.82, 2.24) is 5.32 Å². The SMILES string of the molecule is CCCNC1(C(=O)OCC)CCCC(CC(C)C)C1. The molecule has 2 atom stereocenters. The van der Waals surface area contributed by atoms with Crippen LogP contribution in [-0.4, -0.2) is 24.7 Å². The molecule has 0 aromatic rings. The standard InChI is InChI=1S/C16H31NO2/c1-5-10-17-16(15(18)19-6-2)9-7-8-14(12-16)11-13(3)4/h13-14,17H,5-12H2,1-4H3. The topological polar surface area (TPSA) is 38.3 Å². The van der Waals surface area contributed by atoms with E-state index in [-0.39, 0.29) is 5.97 Å². The number of carbonyl (C=O) groups excluding carboxylic acids is 1. The molecule has 3 heteroatoms. The first-order valence-corrected chi connectivity index (χ1v) is 7.96. The molecule has 0 radical (unpaired) electrons. The van der Waals surface area contributed by atoms with Crippen molar-refractivity contribution in [2.24, 2.45) is 11.8 Å². The Morgan fingerprint density at radius 1 is 1.42 bits per heavy atom. The summed E-state index contributed by atoms with van der Waals surface area (Å²) >= 11 is 0. The van der Waals surface area contributed by atoms with E-state index in [4.69, 9.17) is 4.74 Å². The Hall–Kier alpha value is -0.570. The van der Waals surface area contributed by atoms with Gasteiger partial charge in [0.25, 0.3) is 0 Å². The summed E-state index contributed by atoms with van der Waals surface area (Å²) < 4.78 is 5.33. The quantitative estimate of drug-likeness (QED) is 0.719. The lowest BCUT2D eigenvalue weighted by Gasteiger charge is -2.40. The molecular formula is C16H31NO2. The third kappa shape index (κ3) is 4.79. The molecule has 112 valence electrons. The average Bonchev–Trinajstić information content (AvgIpc) is 2.36. The van der Waals surface area contributed by atoms with Crippen LogP contribution >= 0.6 is 0 Å². The number of esters is 1. The summed E-state index contributed by atoms with van der Waals surface area (Å²) in [6.45, 7) is 9.93. The fourth-order valence-corrected chi connectivity index (χ4v) is 3.31. The second-order valence-electron chi connectivity index (χ2n) is 6.32. The smallest absolute Gasteiger partial charge is 0.326 e. The highest BCUT2D eigenvalue weighted by Gasteiger charge is 2.43. The Morgan fingerprint density at radius 3 is 2.74 bits per heavy atom. The van der Waals surface area contributed by atoms with E-state index in [0.29, 0.717) is 18.4 Å². The first-order chi connectivity index (χ1) is 9.04. The molecular weight excluding hydrogens is 238 g/mol. The molecule has 1 rings (SSSR count). The molecule has 0 aliphatic heterocycles. The van der Waals surface area contributed by atoms with Gasteiger partial charge in [-0.2, -0.15) is 0 Å². The number of rotatable bonds is 7. The first-order valence-electron chi connectivity index (χ1n) is 7.96. The lowest BCUT2D eigenvalue weighted by atomic mass is 9.73. The number of hydrogen-bond acceptors (Lipinski definition) is 3. The van der Waals surface area contributed by atoms with Crippen LogP contribution < -0.4 is 5.32 Å². The summed E-state index contributed by atoms with van der Waals surface area (Å²) in [7, 11) is 0. The lowest BCUT2D eigenvalue weighted by molar-refractivity contribution is -0.153. The monoisotopic (exact) mass is 269 g/mol. The molecule has 1 N–H and O–H groups in total. The lowest BCUT2D eigenvalue weighted by Crippen LogP contribution is -2.56. The van der Waals surface area contributed by atoms with Gasteiger partial charge in [0, 0.05) is 0 Å². The van der Waals surface area contributed by atoms with Crippen LogP contribution in [0.3, 0.4) is 0 Å². The Balaban J connectivity index is 2.74. The van der Waals surface area contributed by atoms with Crippen molar-refractivity contribution in [1.29, 1.82) is 0 Å². The molecule has 19 heavy (non-hydrogen) atoms. The van der Waals surface area contributed by atoms with E-state index >= 15 is 0 Å². The Morgan fingerprint density at radius 2 is 2.16 bits per heavy atom. The van der Waals surface area contributed by atoms with Crippen molar-refractivity contribution in [3.63, 3.8) is 0 Å². The van der Waals surface area contributed by atoms with Gasteiger partial charge in [0.2, 0.25) is 0 Å². The highest BCUT2D eigenvalue weighted by Crippen LogP contribution is 2.36. The zero-order chi connectivity index (χ0) is 14.3. The summed E-state index contributed by atoms with van der Waals surface area (Å²) in [4.78, 5) is 12.4. The zero-order valence-electron chi connectivity index (χ0n) is 13.1. The van der Waals surface area contributed by atoms with Crippen LogP contribution in [0, 0.1) is 11.8 Å². The predicted octanol–water partition coefficient (Wildman–Crippen LogP) is 3.52. The zero-order valence-corrected chi connectivity index (χ0v) is 13.1. The molecule has 0 aromatic carbocycles. The van der Waals surface area contributed by atoms with E-state index in [9.17, 15) is 4.79 Å². The van der Waals surface area contributed by atoms with Crippen molar-refractivity contribution in [2.75, 3.05) is 13.2 Å². The highest BCUT2D eigenvalue weighted by molar-refractivity contribution is 5.81. The number of ether oxygens (including phenoxy) is 1. The molecule has 1 aliphatic carbocycles. The fourth-order valence-electron chi connectivity index (χ4n) is 3.31. The molecule has 0 spiro atoms. The van der Waals surface area contributed by atoms with Crippen molar-refractivity contribution in [2.45, 2.75) is 71.8 Å². The highest BCUT2D eigenvalue weighted by atomic mass is 16.5. The van der Waals surface area contributed by atoms with Gasteiger partial charge < -0.3 is 10.1 Å². The largest absolute Gasteiger partial charge is 0.465 e. The molecule has 0 aromatic heterocycles. The Labute approximate surface area is 118 Å². The van der Waals surface area contributed by atoms with Crippen LogP contribution in [0.4, 0.5) is 0 Å². The second kappa shape index (κ2) is 7.88. The first kappa shape index (κ1) is 16.5. The van der Waals surface area contributed by atoms with Crippen molar-refractivity contribution >= 4 is 5.97 Å². The molecule has 1 saturated carbocycles. The van der Waals surface area contributed by atoms with Crippen LogP contribution in [0.15, 0.2) is 0 Å². The summed E-state index contributed by atoms with van der Waals surface area (Å²) in [6, 6.07) is 0. The van der Waals surface area contributed by atoms with E-state index in [0.717, 1.165) is 32.2 Å². The molecule has 1 aliphatic rings. The summed E-state index contributed by atoms with van der Waals surface area (Å²) in [5.74, 6) is 1.33. The van der Waals surface area contributed by atoms with Crippen molar-refractivity contribution in [3.05, 3.63) is 0 Å². The maximum Gasteiger partial charge on any atom is 0.326 e. The van der Waals surface area contributed by atoms with Gasteiger partial charge in [0.15, 0.2) is 0 Å². The van der Waals surface area contributed by atoms with Crippen LogP contribution in [0.5, 0.6) is 0 Å². The van der Waals surface area contributed by atoms with Crippen LogP contribution in [0.1, 0.15) is 66.2 Å². The fraction of sp³-hybridized carbons (Fsp3) is 0.938. The minimum absolute atomic E-state index is 0.0306. The van der Waals surface area contributed by atoms with E-state index < -0.39 is 5.54 Å². The molecule has 0 bridgehead atoms. The average molecular weight is 269 g/mol. The minimum Gasteiger partial charge on any atom is -0.465 e. The number of hydrogen-bond donors (Lipinski definition) is 1. The normalized spacial score (nSPS) is 27.5. The third-order valence-electron chi connectivity index (χ3n) is 4.04. The third-order valence-corrected chi connectivity index (χ3v) is 4.04. The van der Waals surface area contributed by atoms with E-state index in [1.807, 2.05) is 6.92 Å². The van der Waals surface area contributed by atoms with E-state index in [1.165, 1.54) is 12.8 Å². The van der Waals surface area contributed by atoms with Gasteiger partial charge in [-0.05, 0) is 51.0 Å². The molecule has 0 amide bonds. The molecule has 0 saturated heterocycles. The summed E-state index contributed by atoms with van der Waals surface area (Å²) in [6.07, 6.45) is 6.54. The van der Waals surface area contributed by atoms with Gasteiger partial charge in [-0.1, -0.05) is 33.6 Å². The molecule has 2 unspecified atom stereocenters. The minimum atomic E-state index is -0.413. The van der Waals surface area contributed by atoms with Crippen LogP contribution in [0.25, 0.3) is 0 Å². The maximum atomic E-state index is 12.4. The van der Waals surface area contributed by atoms with Gasteiger partial charge in [-0.25, -0.2) is 0 Å². The van der Waals surface area contributed by atoms with Gasteiger partial charge in [0.05, 0.1) is 6.61 Å². The van der Waals surface area contributed by atoms with Gasteiger partial charge in [0.1, 0.15) is 5.54 Å². The second-order valence-corrected chi connectivity index (χ2v) is 6.32. The van der Waals surface area contributed by atoms with Crippen molar-refractivity contribution < 1.29 is 9.53 Å². The number of carbonyl (C=O) groups is 1. The number of nitrogens with one attached hydrogen (secondary N) is 1. The summed E-state index contributed by atoms with van der Waals surface area (Å²) in [5.41, 5.74) is -0.413. The maximum absolute atomic E-state index is 12.4. The Kier molecular flexibility index (Phi) is 6.84. The Bertz CT molecular complexity index is 278. The molecule has 0 heterocycles. The van der Waals surface area contributed by atoms with Gasteiger partial charge >= 0.3 is 5.97 Å².